The third kappa shape index (κ3) is 53.7. The number of aliphatic hydroxyl groups is 2. The van der Waals surface area contributed by atoms with Crippen LogP contribution in [0.3, 0.4) is 0 Å². The number of rotatable bonds is 51. The minimum atomic E-state index is -0.905. The average Bonchev–Trinajstić information content (AvgIpc) is 3.34. The summed E-state index contributed by atoms with van der Waals surface area (Å²) in [6.45, 7) is 4.16. The molecule has 0 aromatic heterocycles. The second-order valence-electron chi connectivity index (χ2n) is 19.0. The van der Waals surface area contributed by atoms with Crippen molar-refractivity contribution in [2.75, 3.05) is 6.61 Å². The highest BCUT2D eigenvalue weighted by Crippen LogP contribution is 2.16. The molecule has 0 aromatic rings. The molecule has 1 amide bonds. The molecular formula is C64H109NO3. The Morgan fingerprint density at radius 1 is 0.368 bits per heavy atom. The minimum Gasteiger partial charge on any atom is -0.394 e. The Kier molecular flexibility index (Phi) is 55.4. The summed E-state index contributed by atoms with van der Waals surface area (Å²) >= 11 is 0. The van der Waals surface area contributed by atoms with Gasteiger partial charge in [-0.1, -0.05) is 277 Å². The fraction of sp³-hybridized carbons (Fsp3) is 0.672. The van der Waals surface area contributed by atoms with Crippen molar-refractivity contribution >= 4 is 5.91 Å². The first-order valence-corrected chi connectivity index (χ1v) is 28.7. The molecule has 2 unspecified atom stereocenters. The molecule has 0 fully saturated rings. The predicted molar refractivity (Wildman–Crippen MR) is 303 cm³/mol. The lowest BCUT2D eigenvalue weighted by molar-refractivity contribution is -0.122. The molecule has 2 atom stereocenters. The predicted octanol–water partition coefficient (Wildman–Crippen LogP) is 19.2. The van der Waals surface area contributed by atoms with E-state index >= 15 is 0 Å². The van der Waals surface area contributed by atoms with E-state index in [-0.39, 0.29) is 12.5 Å². The fourth-order valence-electron chi connectivity index (χ4n) is 8.08. The van der Waals surface area contributed by atoms with E-state index in [0.717, 1.165) is 83.5 Å². The molecule has 0 bridgehead atoms. The lowest BCUT2D eigenvalue weighted by Gasteiger charge is -2.19. The molecule has 3 N–H and O–H groups in total. The van der Waals surface area contributed by atoms with E-state index in [1.54, 1.807) is 6.08 Å². The summed E-state index contributed by atoms with van der Waals surface area (Å²) in [7, 11) is 0. The number of nitrogens with one attached hydrogen (secondary N) is 1. The van der Waals surface area contributed by atoms with Crippen molar-refractivity contribution in [2.24, 2.45) is 0 Å². The number of carbonyl (C=O) groups is 1. The van der Waals surface area contributed by atoms with Crippen LogP contribution in [0.1, 0.15) is 258 Å². The Labute approximate surface area is 422 Å². The van der Waals surface area contributed by atoms with E-state index in [0.29, 0.717) is 6.42 Å². The zero-order valence-corrected chi connectivity index (χ0v) is 44.6. The fourth-order valence-corrected chi connectivity index (χ4v) is 8.08. The van der Waals surface area contributed by atoms with Crippen molar-refractivity contribution in [2.45, 2.75) is 270 Å². The van der Waals surface area contributed by atoms with Gasteiger partial charge in [-0.2, -0.15) is 0 Å². The second-order valence-corrected chi connectivity index (χ2v) is 19.0. The van der Waals surface area contributed by atoms with Gasteiger partial charge in [0, 0.05) is 6.42 Å². The monoisotopic (exact) mass is 940 g/mol. The van der Waals surface area contributed by atoms with Gasteiger partial charge < -0.3 is 15.5 Å². The third-order valence-corrected chi connectivity index (χ3v) is 12.4. The van der Waals surface area contributed by atoms with Crippen LogP contribution in [-0.2, 0) is 4.79 Å². The van der Waals surface area contributed by atoms with Crippen molar-refractivity contribution in [1.29, 1.82) is 0 Å². The van der Waals surface area contributed by atoms with Crippen molar-refractivity contribution in [3.63, 3.8) is 0 Å². The summed E-state index contributed by atoms with van der Waals surface area (Å²) < 4.78 is 0. The average molecular weight is 941 g/mol. The molecule has 68 heavy (non-hydrogen) atoms. The van der Waals surface area contributed by atoms with Gasteiger partial charge in [0.05, 0.1) is 18.8 Å². The van der Waals surface area contributed by atoms with Crippen LogP contribution >= 0.6 is 0 Å². The van der Waals surface area contributed by atoms with Crippen LogP contribution in [-0.4, -0.2) is 34.9 Å². The maximum Gasteiger partial charge on any atom is 0.220 e. The molecule has 0 aliphatic rings. The van der Waals surface area contributed by atoms with Gasteiger partial charge >= 0.3 is 0 Å². The molecule has 0 rings (SSSR count). The minimum absolute atomic E-state index is 0.139. The maximum atomic E-state index is 12.4. The molecule has 0 aromatic carbocycles. The Bertz CT molecular complexity index is 1340. The van der Waals surface area contributed by atoms with Crippen LogP contribution < -0.4 is 5.32 Å². The number of unbranched alkanes of at least 4 members (excludes halogenated alkanes) is 26. The number of hydrogen-bond donors (Lipinski definition) is 3. The quantitative estimate of drug-likeness (QED) is 0.0420. The zero-order chi connectivity index (χ0) is 49.2. The van der Waals surface area contributed by atoms with Crippen LogP contribution in [0, 0.1) is 0 Å². The van der Waals surface area contributed by atoms with Crippen LogP contribution in [0.25, 0.3) is 0 Å². The summed E-state index contributed by atoms with van der Waals surface area (Å²) in [6, 6.07) is -0.687. The molecule has 4 nitrogen and oxygen atoms in total. The first kappa shape index (κ1) is 64.8. The van der Waals surface area contributed by atoms with Gasteiger partial charge in [-0.25, -0.2) is 0 Å². The van der Waals surface area contributed by atoms with Gasteiger partial charge in [-0.3, -0.25) is 4.79 Å². The Morgan fingerprint density at radius 2 is 0.662 bits per heavy atom. The lowest BCUT2D eigenvalue weighted by Crippen LogP contribution is -2.45. The summed E-state index contributed by atoms with van der Waals surface area (Å²) in [5.41, 5.74) is 0. The number of hydrogen-bond acceptors (Lipinski definition) is 3. The van der Waals surface area contributed by atoms with E-state index in [9.17, 15) is 15.0 Å². The first-order chi connectivity index (χ1) is 33.7. The van der Waals surface area contributed by atoms with Gasteiger partial charge in [-0.05, 0) is 96.3 Å². The van der Waals surface area contributed by atoms with Gasteiger partial charge in [0.2, 0.25) is 5.91 Å². The largest absolute Gasteiger partial charge is 0.394 e. The summed E-state index contributed by atoms with van der Waals surface area (Å²) in [4.78, 5) is 12.4. The van der Waals surface area contributed by atoms with Crippen LogP contribution in [0.15, 0.2) is 122 Å². The van der Waals surface area contributed by atoms with E-state index in [2.05, 4.69) is 129 Å². The van der Waals surface area contributed by atoms with Crippen molar-refractivity contribution < 1.29 is 15.0 Å². The van der Waals surface area contributed by atoms with Gasteiger partial charge in [-0.15, -0.1) is 0 Å². The smallest absolute Gasteiger partial charge is 0.220 e. The van der Waals surface area contributed by atoms with E-state index < -0.39 is 12.1 Å². The summed E-state index contributed by atoms with van der Waals surface area (Å²) in [6.07, 6.45) is 89.5. The normalized spacial score (nSPS) is 13.8. The molecule has 0 spiro atoms. The van der Waals surface area contributed by atoms with Crippen LogP contribution in [0.4, 0.5) is 0 Å². The highest BCUT2D eigenvalue weighted by molar-refractivity contribution is 5.76. The topological polar surface area (TPSA) is 69.6 Å². The Balaban J connectivity index is 3.66. The molecule has 0 radical (unpaired) electrons. The molecule has 4 heteroatoms. The molecule has 0 heterocycles. The molecular weight excluding hydrogens is 831 g/mol. The Hall–Kier alpha value is -3.21. The first-order valence-electron chi connectivity index (χ1n) is 28.7. The lowest BCUT2D eigenvalue weighted by atomic mass is 10.0. The van der Waals surface area contributed by atoms with Gasteiger partial charge in [0.1, 0.15) is 0 Å². The third-order valence-electron chi connectivity index (χ3n) is 12.4. The SMILES string of the molecule is CC/C=C\C/C=C\C/C=C\C/C=C\C/C=C\C/C=C\C/C=C\CCCC(=O)NC(CO)C(O)/C=C/CC/C=C/CC/C=C/CCCCCCCCCCCCCCCCCCCCCCCCC. The molecule has 388 valence electrons. The second kappa shape index (κ2) is 58.1. The van der Waals surface area contributed by atoms with Gasteiger partial charge in [0.25, 0.3) is 0 Å². The van der Waals surface area contributed by atoms with Crippen molar-refractivity contribution in [3.8, 4) is 0 Å². The number of carbonyl (C=O) groups excluding carboxylic acids is 1. The van der Waals surface area contributed by atoms with E-state index in [1.165, 1.54) is 154 Å². The van der Waals surface area contributed by atoms with Crippen LogP contribution in [0.2, 0.25) is 0 Å². The maximum absolute atomic E-state index is 12.4. The van der Waals surface area contributed by atoms with E-state index in [1.807, 2.05) is 6.08 Å². The number of amides is 1. The number of allylic oxidation sites excluding steroid dienone is 19. The molecule has 0 saturated carbocycles. The van der Waals surface area contributed by atoms with Crippen molar-refractivity contribution in [1.82, 2.24) is 5.32 Å². The number of aliphatic hydroxyl groups excluding tert-OH is 2. The van der Waals surface area contributed by atoms with Gasteiger partial charge in [0.15, 0.2) is 0 Å². The Morgan fingerprint density at radius 3 is 1.03 bits per heavy atom. The highest BCUT2D eigenvalue weighted by atomic mass is 16.3. The van der Waals surface area contributed by atoms with Crippen LogP contribution in [0.5, 0.6) is 0 Å². The summed E-state index contributed by atoms with van der Waals surface area (Å²) in [5, 5.41) is 23.1. The zero-order valence-electron chi connectivity index (χ0n) is 44.6. The standard InChI is InChI=1S/C64H109NO3/c1-3-5-7-9-11-13-15-17-19-21-23-25-27-28-29-30-31-32-33-34-35-36-38-39-41-43-45-47-49-51-53-55-57-59-63(67)62(61-66)65-64(68)60-58-56-54-52-50-48-46-44-42-40-37-26-24-22-20-18-16-14-12-10-8-6-4-2/h6,8,12,14,18,20,24,26,40-43,46,48-49,51-52,54,57,59,62-63,66-67H,3-5,7,9-11,13,15-17,19,21-23,25,27-39,44-45,47,50,53,55-56,58,60-61H2,1-2H3,(H,65,68)/b8-6-,14-12-,20-18-,26-24-,42-40-,43-41+,48-46-,51-49+,54-52-,59-57+. The highest BCUT2D eigenvalue weighted by Gasteiger charge is 2.17. The molecule has 0 aliphatic heterocycles. The molecule has 0 aliphatic carbocycles. The molecule has 0 saturated heterocycles. The van der Waals surface area contributed by atoms with E-state index in [4.69, 9.17) is 0 Å². The summed E-state index contributed by atoms with van der Waals surface area (Å²) in [5.74, 6) is -0.139. The van der Waals surface area contributed by atoms with Crippen molar-refractivity contribution in [3.05, 3.63) is 122 Å².